The Morgan fingerprint density at radius 3 is 2.42 bits per heavy atom. The second kappa shape index (κ2) is 12.2. The van der Waals surface area contributed by atoms with E-state index < -0.39 is 23.8 Å². The molecular formula is C22H31N5O5S. The van der Waals surface area contributed by atoms with Gasteiger partial charge >= 0.3 is 0 Å². The number of anilines is 1. The number of benzene rings is 1. The van der Waals surface area contributed by atoms with Crippen LogP contribution in [0.15, 0.2) is 24.3 Å². The number of aromatic nitrogens is 1. The topological polar surface area (TPSA) is 161 Å². The van der Waals surface area contributed by atoms with Crippen LogP contribution in [0.25, 0.3) is 0 Å². The highest BCUT2D eigenvalue weighted by molar-refractivity contribution is 7.09. The Morgan fingerprint density at radius 2 is 1.91 bits per heavy atom. The summed E-state index contributed by atoms with van der Waals surface area (Å²) in [5, 5.41) is 12.5. The molecular weight excluding hydrogens is 446 g/mol. The zero-order valence-corrected chi connectivity index (χ0v) is 19.9. The number of primary amides is 1. The van der Waals surface area contributed by atoms with Gasteiger partial charge in [0.15, 0.2) is 5.69 Å². The number of rotatable bonds is 12. The van der Waals surface area contributed by atoms with Crippen molar-refractivity contribution in [1.82, 2.24) is 14.6 Å². The molecule has 0 spiro atoms. The molecule has 1 aromatic heterocycles. The summed E-state index contributed by atoms with van der Waals surface area (Å²) in [5.74, 6) is -0.887. The monoisotopic (exact) mass is 477 g/mol. The number of carbonyl (C=O) groups excluding carboxylic acids is 3. The summed E-state index contributed by atoms with van der Waals surface area (Å²) in [7, 11) is 0. The number of nitrogens with two attached hydrogens (primary N) is 2. The van der Waals surface area contributed by atoms with Crippen LogP contribution >= 0.6 is 11.5 Å². The van der Waals surface area contributed by atoms with Crippen molar-refractivity contribution in [2.24, 2.45) is 11.7 Å². The number of ether oxygens (including phenoxy) is 1. The molecule has 0 aliphatic heterocycles. The van der Waals surface area contributed by atoms with Crippen molar-refractivity contribution in [3.05, 3.63) is 40.4 Å². The zero-order valence-electron chi connectivity index (χ0n) is 19.0. The van der Waals surface area contributed by atoms with Crippen LogP contribution in [-0.4, -0.2) is 58.4 Å². The lowest BCUT2D eigenvalue weighted by Gasteiger charge is -2.31. The lowest BCUT2D eigenvalue weighted by molar-refractivity contribution is -0.126. The van der Waals surface area contributed by atoms with Crippen molar-refractivity contribution in [3.8, 4) is 5.75 Å². The van der Waals surface area contributed by atoms with Crippen LogP contribution < -0.4 is 21.5 Å². The van der Waals surface area contributed by atoms with E-state index in [4.69, 9.17) is 16.2 Å². The maximum atomic E-state index is 13.4. The molecule has 0 unspecified atom stereocenters. The van der Waals surface area contributed by atoms with Crippen LogP contribution in [0, 0.1) is 5.92 Å². The summed E-state index contributed by atoms with van der Waals surface area (Å²) in [6.07, 6.45) is 0.763. The molecule has 0 saturated heterocycles. The highest BCUT2D eigenvalue weighted by Gasteiger charge is 2.34. The normalized spacial score (nSPS) is 11.8. The lowest BCUT2D eigenvalue weighted by Crippen LogP contribution is -2.45. The largest absolute Gasteiger partial charge is 0.494 e. The molecule has 33 heavy (non-hydrogen) atoms. The van der Waals surface area contributed by atoms with Crippen LogP contribution in [0.5, 0.6) is 5.75 Å². The standard InChI is InChI=1S/C22H31N5O5S/c1-4-32-15-7-5-14(6-8-15)18(21(30)25-10-9-13(2)3)27(11-12-28)22(31)19-16(23)17(20(24)29)26-33-19/h5-8,13,18,28H,4,9-12,23H2,1-3H3,(H2,24,29)(H,25,30)/t18-/m0/s1. The molecule has 0 aliphatic rings. The third-order valence-electron chi connectivity index (χ3n) is 4.85. The highest BCUT2D eigenvalue weighted by atomic mass is 32.1. The molecule has 0 aliphatic carbocycles. The van der Waals surface area contributed by atoms with E-state index in [1.807, 2.05) is 20.8 Å². The summed E-state index contributed by atoms with van der Waals surface area (Å²) in [4.78, 5) is 39.4. The molecule has 10 nitrogen and oxygen atoms in total. The summed E-state index contributed by atoms with van der Waals surface area (Å²) < 4.78 is 9.34. The smallest absolute Gasteiger partial charge is 0.270 e. The van der Waals surface area contributed by atoms with Crippen molar-refractivity contribution in [3.63, 3.8) is 0 Å². The molecule has 1 aromatic carbocycles. The maximum absolute atomic E-state index is 13.4. The quantitative estimate of drug-likeness (QED) is 0.361. The highest BCUT2D eigenvalue weighted by Crippen LogP contribution is 2.29. The van der Waals surface area contributed by atoms with E-state index in [0.717, 1.165) is 18.0 Å². The van der Waals surface area contributed by atoms with Gasteiger partial charge in [-0.2, -0.15) is 4.37 Å². The van der Waals surface area contributed by atoms with Gasteiger partial charge in [-0.3, -0.25) is 14.4 Å². The van der Waals surface area contributed by atoms with Crippen LogP contribution in [0.3, 0.4) is 0 Å². The van der Waals surface area contributed by atoms with Crippen molar-refractivity contribution >= 4 is 34.9 Å². The number of carbonyl (C=O) groups is 3. The number of hydrogen-bond acceptors (Lipinski definition) is 8. The van der Waals surface area contributed by atoms with E-state index in [1.54, 1.807) is 24.3 Å². The number of amides is 3. The molecule has 2 rings (SSSR count). The fourth-order valence-electron chi connectivity index (χ4n) is 3.18. The third-order valence-corrected chi connectivity index (χ3v) is 5.70. The van der Waals surface area contributed by atoms with E-state index in [2.05, 4.69) is 9.69 Å². The Hall–Kier alpha value is -3.18. The first-order valence-corrected chi connectivity index (χ1v) is 11.5. The zero-order chi connectivity index (χ0) is 24.5. The van der Waals surface area contributed by atoms with Gasteiger partial charge in [-0.25, -0.2) is 0 Å². The Balaban J connectivity index is 2.46. The molecule has 1 heterocycles. The molecule has 2 aromatic rings. The summed E-state index contributed by atoms with van der Waals surface area (Å²) in [5.41, 5.74) is 11.4. The van der Waals surface area contributed by atoms with Gasteiger partial charge in [0, 0.05) is 13.1 Å². The number of hydrogen-bond donors (Lipinski definition) is 4. The van der Waals surface area contributed by atoms with Crippen molar-refractivity contribution in [1.29, 1.82) is 0 Å². The van der Waals surface area contributed by atoms with Crippen LogP contribution in [0.4, 0.5) is 5.69 Å². The van der Waals surface area contributed by atoms with Crippen molar-refractivity contribution < 1.29 is 24.2 Å². The SMILES string of the molecule is CCOc1ccc([C@@H](C(=O)NCCC(C)C)N(CCO)C(=O)c2snc(C(N)=O)c2N)cc1. The Bertz CT molecular complexity index is 961. The summed E-state index contributed by atoms with van der Waals surface area (Å²) >= 11 is 0.722. The van der Waals surface area contributed by atoms with Crippen LogP contribution in [-0.2, 0) is 4.79 Å². The minimum atomic E-state index is -1.05. The van der Waals surface area contributed by atoms with Crippen LogP contribution in [0.1, 0.15) is 59.0 Å². The molecule has 0 bridgehead atoms. The molecule has 1 atom stereocenters. The van der Waals surface area contributed by atoms with E-state index in [9.17, 15) is 19.5 Å². The summed E-state index contributed by atoms with van der Waals surface area (Å²) in [6, 6.07) is 5.76. The van der Waals surface area contributed by atoms with Gasteiger partial charge in [0.05, 0.1) is 18.9 Å². The van der Waals surface area contributed by atoms with Gasteiger partial charge in [0.2, 0.25) is 5.91 Å². The van der Waals surface area contributed by atoms with Gasteiger partial charge in [0.25, 0.3) is 11.8 Å². The van der Waals surface area contributed by atoms with Gasteiger partial charge in [-0.15, -0.1) is 0 Å². The van der Waals surface area contributed by atoms with Gasteiger partial charge in [0.1, 0.15) is 16.7 Å². The number of nitrogen functional groups attached to an aromatic ring is 1. The fourth-order valence-corrected chi connectivity index (χ4v) is 3.94. The molecule has 180 valence electrons. The van der Waals surface area contributed by atoms with Gasteiger partial charge in [-0.1, -0.05) is 26.0 Å². The molecule has 0 saturated carbocycles. The number of aliphatic hydroxyl groups is 1. The minimum absolute atomic E-state index is 0.0248. The first-order valence-electron chi connectivity index (χ1n) is 10.7. The average molecular weight is 478 g/mol. The molecule has 11 heteroatoms. The summed E-state index contributed by atoms with van der Waals surface area (Å²) in [6.45, 7) is 6.33. The second-order valence-corrected chi connectivity index (χ2v) is 8.51. The fraction of sp³-hybridized carbons (Fsp3) is 0.455. The predicted molar refractivity (Wildman–Crippen MR) is 126 cm³/mol. The van der Waals surface area contributed by atoms with Gasteiger partial charge in [-0.05, 0) is 48.5 Å². The number of nitrogens with zero attached hydrogens (tertiary/aromatic N) is 2. The predicted octanol–water partition coefficient (Wildman–Crippen LogP) is 1.56. The average Bonchev–Trinajstić information content (AvgIpc) is 3.15. The number of aliphatic hydroxyl groups excluding tert-OH is 1. The van der Waals surface area contributed by atoms with E-state index in [1.165, 1.54) is 4.90 Å². The van der Waals surface area contributed by atoms with E-state index in [-0.39, 0.29) is 29.4 Å². The first kappa shape index (κ1) is 26.1. The van der Waals surface area contributed by atoms with E-state index >= 15 is 0 Å². The Labute approximate surface area is 197 Å². The van der Waals surface area contributed by atoms with Crippen LogP contribution in [0.2, 0.25) is 0 Å². The lowest BCUT2D eigenvalue weighted by atomic mass is 10.0. The second-order valence-electron chi connectivity index (χ2n) is 7.74. The van der Waals surface area contributed by atoms with Crippen molar-refractivity contribution in [2.75, 3.05) is 32.0 Å². The Morgan fingerprint density at radius 1 is 1.24 bits per heavy atom. The maximum Gasteiger partial charge on any atom is 0.270 e. The van der Waals surface area contributed by atoms with Crippen molar-refractivity contribution in [2.45, 2.75) is 33.2 Å². The minimum Gasteiger partial charge on any atom is -0.494 e. The Kier molecular flexibility index (Phi) is 9.61. The third kappa shape index (κ3) is 6.65. The van der Waals surface area contributed by atoms with Gasteiger partial charge < -0.3 is 31.5 Å². The molecule has 0 radical (unpaired) electrons. The first-order chi connectivity index (χ1) is 15.7. The molecule has 0 fully saturated rings. The molecule has 3 amide bonds. The number of nitrogens with one attached hydrogen (secondary N) is 1. The van der Waals surface area contributed by atoms with E-state index in [0.29, 0.717) is 30.4 Å². The molecule has 6 N–H and O–H groups in total.